The van der Waals surface area contributed by atoms with E-state index in [9.17, 15) is 13.2 Å². The Morgan fingerprint density at radius 2 is 1.93 bits per heavy atom. The van der Waals surface area contributed by atoms with Crippen LogP contribution in [0.2, 0.25) is 0 Å². The van der Waals surface area contributed by atoms with Crippen LogP contribution in [0, 0.1) is 0 Å². The van der Waals surface area contributed by atoms with E-state index in [1.54, 1.807) is 35.6 Å². The predicted octanol–water partition coefficient (Wildman–Crippen LogP) is 3.88. The van der Waals surface area contributed by atoms with E-state index in [4.69, 9.17) is 0 Å². The van der Waals surface area contributed by atoms with Crippen LogP contribution in [0.15, 0.2) is 53.9 Å². The van der Waals surface area contributed by atoms with Gasteiger partial charge in [0, 0.05) is 23.5 Å². The van der Waals surface area contributed by atoms with Gasteiger partial charge in [0.2, 0.25) is 15.9 Å². The monoisotopic (exact) mass is 429 g/mol. The van der Waals surface area contributed by atoms with Crippen LogP contribution in [0.4, 0.5) is 11.4 Å². The first-order valence-electron chi connectivity index (χ1n) is 9.34. The number of benzene rings is 2. The lowest BCUT2D eigenvalue weighted by Gasteiger charge is -2.49. The molecule has 152 valence electrons. The highest BCUT2D eigenvalue weighted by molar-refractivity contribution is 7.92. The molecule has 1 unspecified atom stereocenters. The predicted molar refractivity (Wildman–Crippen MR) is 119 cm³/mol. The molecule has 4 rings (SSSR count). The summed E-state index contributed by atoms with van der Waals surface area (Å²) in [7, 11) is -3.37. The van der Waals surface area contributed by atoms with Gasteiger partial charge < -0.3 is 5.32 Å². The van der Waals surface area contributed by atoms with Gasteiger partial charge in [-0.05, 0) is 53.9 Å². The number of likely N-dealkylation sites (tertiary alicyclic amines) is 1. The second-order valence-corrected chi connectivity index (χ2v) is 10.3. The molecule has 2 aromatic carbocycles. The Balaban J connectivity index is 1.48. The summed E-state index contributed by atoms with van der Waals surface area (Å²) in [5.41, 5.74) is 1.63. The fraction of sp³-hybridized carbons (Fsp3) is 0.286. The maximum Gasteiger partial charge on any atom is 0.244 e. The molecule has 1 fully saturated rings. The van der Waals surface area contributed by atoms with Gasteiger partial charge in [-0.2, -0.15) is 0 Å². The van der Waals surface area contributed by atoms with Crippen molar-refractivity contribution in [3.8, 4) is 0 Å². The number of hydrogen-bond donors (Lipinski definition) is 2. The first-order chi connectivity index (χ1) is 13.7. The minimum atomic E-state index is -3.37. The molecule has 1 saturated heterocycles. The van der Waals surface area contributed by atoms with E-state index in [0.29, 0.717) is 11.4 Å². The molecule has 1 atom stereocenters. The van der Waals surface area contributed by atoms with E-state index in [1.807, 2.05) is 19.1 Å². The number of thiophene rings is 1. The molecule has 0 aliphatic carbocycles. The summed E-state index contributed by atoms with van der Waals surface area (Å²) in [6.07, 6.45) is 1.88. The highest BCUT2D eigenvalue weighted by atomic mass is 32.2. The third-order valence-corrected chi connectivity index (χ3v) is 7.02. The van der Waals surface area contributed by atoms with Gasteiger partial charge in [0.05, 0.1) is 17.5 Å². The number of fused-ring (bicyclic) bond motifs is 1. The molecule has 0 radical (unpaired) electrons. The molecule has 0 saturated carbocycles. The lowest BCUT2D eigenvalue weighted by Crippen LogP contribution is -2.63. The maximum atomic E-state index is 13.0. The molecule has 1 amide bonds. The fourth-order valence-corrected chi connectivity index (χ4v) is 5.13. The number of carbonyl (C=O) groups is 1. The molecule has 6 nitrogen and oxygen atoms in total. The second-order valence-electron chi connectivity index (χ2n) is 7.61. The van der Waals surface area contributed by atoms with Crippen molar-refractivity contribution in [1.29, 1.82) is 0 Å². The highest BCUT2D eigenvalue weighted by Gasteiger charge is 2.46. The molecule has 2 heterocycles. The van der Waals surface area contributed by atoms with E-state index >= 15 is 0 Å². The van der Waals surface area contributed by atoms with Gasteiger partial charge in [-0.3, -0.25) is 14.4 Å². The summed E-state index contributed by atoms with van der Waals surface area (Å²) >= 11 is 1.72. The molecule has 2 N–H and O–H groups in total. The van der Waals surface area contributed by atoms with Crippen molar-refractivity contribution in [2.24, 2.45) is 0 Å². The van der Waals surface area contributed by atoms with Crippen LogP contribution in [-0.2, 0) is 21.4 Å². The number of carbonyl (C=O) groups excluding carboxylic acids is 1. The topological polar surface area (TPSA) is 78.5 Å². The van der Waals surface area contributed by atoms with Crippen LogP contribution in [0.25, 0.3) is 10.1 Å². The average molecular weight is 430 g/mol. The van der Waals surface area contributed by atoms with Gasteiger partial charge in [0.15, 0.2) is 0 Å². The molecular weight excluding hydrogens is 406 g/mol. The summed E-state index contributed by atoms with van der Waals surface area (Å²) < 4.78 is 26.5. The van der Waals surface area contributed by atoms with Crippen molar-refractivity contribution in [2.45, 2.75) is 25.4 Å². The number of nitrogens with zero attached hydrogens (tertiary/aromatic N) is 1. The van der Waals surface area contributed by atoms with Crippen LogP contribution in [0.5, 0.6) is 0 Å². The molecular formula is C21H23N3O3S2. The zero-order valence-corrected chi connectivity index (χ0v) is 17.9. The standard InChI is InChI=1S/C21H23N3O3S2/c1-21(20(25)22-16-6-5-7-17(12-16)23-29(2,26)27)10-11-24(21)13-15-14-28-19-9-4-3-8-18(15)19/h3-9,12,14,23H,10-11,13H2,1-2H3,(H,22,25). The number of nitrogens with one attached hydrogen (secondary N) is 2. The van der Waals surface area contributed by atoms with Gasteiger partial charge in [-0.15, -0.1) is 11.3 Å². The summed E-state index contributed by atoms with van der Waals surface area (Å²) in [6, 6.07) is 15.1. The van der Waals surface area contributed by atoms with Gasteiger partial charge >= 0.3 is 0 Å². The van der Waals surface area contributed by atoms with Crippen LogP contribution in [-0.4, -0.2) is 37.6 Å². The molecule has 1 aliphatic rings. The Kier molecular flexibility index (Phi) is 5.10. The number of hydrogen-bond acceptors (Lipinski definition) is 5. The summed E-state index contributed by atoms with van der Waals surface area (Å²) in [4.78, 5) is 15.2. The molecule has 8 heteroatoms. The molecule has 0 bridgehead atoms. The fourth-order valence-electron chi connectivity index (χ4n) is 3.62. The van der Waals surface area contributed by atoms with Crippen LogP contribution in [0.3, 0.4) is 0 Å². The molecule has 1 aliphatic heterocycles. The summed E-state index contributed by atoms with van der Waals surface area (Å²) in [6.45, 7) is 3.55. The van der Waals surface area contributed by atoms with E-state index in [0.717, 1.165) is 25.8 Å². The summed E-state index contributed by atoms with van der Waals surface area (Å²) in [5, 5.41) is 6.36. The Labute approximate surface area is 174 Å². The Morgan fingerprint density at radius 1 is 1.17 bits per heavy atom. The zero-order valence-electron chi connectivity index (χ0n) is 16.3. The van der Waals surface area contributed by atoms with Crippen molar-refractivity contribution >= 4 is 48.7 Å². The van der Waals surface area contributed by atoms with Crippen molar-refractivity contribution in [1.82, 2.24) is 4.90 Å². The number of anilines is 2. The largest absolute Gasteiger partial charge is 0.324 e. The van der Waals surface area contributed by atoms with Crippen molar-refractivity contribution < 1.29 is 13.2 Å². The van der Waals surface area contributed by atoms with Gasteiger partial charge in [0.1, 0.15) is 0 Å². The van der Waals surface area contributed by atoms with Crippen LogP contribution in [0.1, 0.15) is 18.9 Å². The second kappa shape index (κ2) is 7.44. The number of sulfonamides is 1. The van der Waals surface area contributed by atoms with Crippen molar-refractivity contribution in [3.63, 3.8) is 0 Å². The zero-order chi connectivity index (χ0) is 20.6. The van der Waals surface area contributed by atoms with E-state index in [-0.39, 0.29) is 5.91 Å². The Bertz CT molecular complexity index is 1170. The molecule has 1 aromatic heterocycles. The van der Waals surface area contributed by atoms with E-state index in [2.05, 4.69) is 32.5 Å². The lowest BCUT2D eigenvalue weighted by molar-refractivity contribution is -0.136. The first kappa shape index (κ1) is 19.9. The molecule has 29 heavy (non-hydrogen) atoms. The number of rotatable bonds is 6. The smallest absolute Gasteiger partial charge is 0.244 e. The third-order valence-electron chi connectivity index (χ3n) is 5.40. The van der Waals surface area contributed by atoms with Crippen molar-refractivity contribution in [3.05, 3.63) is 59.5 Å². The van der Waals surface area contributed by atoms with Crippen molar-refractivity contribution in [2.75, 3.05) is 22.8 Å². The van der Waals surface area contributed by atoms with Crippen LogP contribution >= 0.6 is 11.3 Å². The number of amides is 1. The molecule has 0 spiro atoms. The van der Waals surface area contributed by atoms with E-state index in [1.165, 1.54) is 15.6 Å². The Hall–Kier alpha value is -2.42. The maximum absolute atomic E-state index is 13.0. The average Bonchev–Trinajstić information content (AvgIpc) is 3.06. The van der Waals surface area contributed by atoms with Gasteiger partial charge in [-0.1, -0.05) is 24.3 Å². The highest BCUT2D eigenvalue weighted by Crippen LogP contribution is 2.36. The summed E-state index contributed by atoms with van der Waals surface area (Å²) in [5.74, 6) is -0.0835. The van der Waals surface area contributed by atoms with Gasteiger partial charge in [-0.25, -0.2) is 8.42 Å². The molecule has 3 aromatic rings. The Morgan fingerprint density at radius 3 is 2.66 bits per heavy atom. The normalized spacial score (nSPS) is 19.7. The van der Waals surface area contributed by atoms with Gasteiger partial charge in [0.25, 0.3) is 0 Å². The minimum absolute atomic E-state index is 0.0835. The SMILES string of the molecule is CC1(C(=O)Nc2cccc(NS(C)(=O)=O)c2)CCN1Cc1csc2ccccc12. The van der Waals surface area contributed by atoms with Crippen LogP contribution < -0.4 is 10.0 Å². The minimum Gasteiger partial charge on any atom is -0.324 e. The lowest BCUT2D eigenvalue weighted by atomic mass is 9.85. The third kappa shape index (κ3) is 4.14. The quantitative estimate of drug-likeness (QED) is 0.623. The first-order valence-corrected chi connectivity index (χ1v) is 12.1. The van der Waals surface area contributed by atoms with E-state index < -0.39 is 15.6 Å².